The number of nitrogens with one attached hydrogen (secondary N) is 1. The molecule has 0 saturated heterocycles. The van der Waals surface area contributed by atoms with Gasteiger partial charge in [-0.15, -0.1) is 10.2 Å². The molecule has 7 heteroatoms. The SMILES string of the molecule is Cc1nnc2c3cc(-c4ccccc4)c(-c4ccc(C5(NC(=O)c6cnc7ccccc7c6)CC5)cc4)nc3ccn12. The third kappa shape index (κ3) is 4.01. The summed E-state index contributed by atoms with van der Waals surface area (Å²) in [6.07, 6.45) is 5.42. The summed E-state index contributed by atoms with van der Waals surface area (Å²) in [4.78, 5) is 22.9. The first-order valence-corrected chi connectivity index (χ1v) is 14.1. The van der Waals surface area contributed by atoms with E-state index < -0.39 is 0 Å². The Hall–Kier alpha value is -5.43. The van der Waals surface area contributed by atoms with Gasteiger partial charge in [0.05, 0.1) is 27.8 Å². The lowest BCUT2D eigenvalue weighted by Gasteiger charge is -2.19. The zero-order valence-electron chi connectivity index (χ0n) is 23.0. The van der Waals surface area contributed by atoms with Crippen LogP contribution in [0, 0.1) is 6.92 Å². The van der Waals surface area contributed by atoms with Crippen molar-refractivity contribution in [3.63, 3.8) is 0 Å². The molecule has 8 rings (SSSR count). The summed E-state index contributed by atoms with van der Waals surface area (Å²) in [5.41, 5.74) is 7.86. The monoisotopic (exact) mass is 546 g/mol. The fourth-order valence-electron chi connectivity index (χ4n) is 5.81. The van der Waals surface area contributed by atoms with Gasteiger partial charge in [-0.05, 0) is 55.2 Å². The summed E-state index contributed by atoms with van der Waals surface area (Å²) in [6, 6.07) is 32.7. The van der Waals surface area contributed by atoms with Gasteiger partial charge in [-0.2, -0.15) is 0 Å². The van der Waals surface area contributed by atoms with Gasteiger partial charge in [-0.1, -0.05) is 72.8 Å². The molecular formula is C35H26N6O. The number of rotatable bonds is 5. The molecule has 1 aliphatic rings. The van der Waals surface area contributed by atoms with Crippen molar-refractivity contribution in [2.24, 2.45) is 0 Å². The molecule has 1 fully saturated rings. The third-order valence-corrected chi connectivity index (χ3v) is 8.29. The van der Waals surface area contributed by atoms with Gasteiger partial charge in [-0.3, -0.25) is 14.2 Å². The highest BCUT2D eigenvalue weighted by Gasteiger charge is 2.45. The molecule has 0 spiro atoms. The van der Waals surface area contributed by atoms with Gasteiger partial charge in [0.15, 0.2) is 5.65 Å². The van der Waals surface area contributed by atoms with Gasteiger partial charge in [0.1, 0.15) is 5.82 Å². The lowest BCUT2D eigenvalue weighted by Crippen LogP contribution is -2.34. The third-order valence-electron chi connectivity index (χ3n) is 8.29. The van der Waals surface area contributed by atoms with Crippen LogP contribution in [0.25, 0.3) is 49.8 Å². The molecular weight excluding hydrogens is 520 g/mol. The van der Waals surface area contributed by atoms with E-state index in [1.165, 1.54) is 0 Å². The molecule has 7 aromatic rings. The average Bonchev–Trinajstić information content (AvgIpc) is 3.73. The van der Waals surface area contributed by atoms with Crippen molar-refractivity contribution in [1.29, 1.82) is 0 Å². The van der Waals surface area contributed by atoms with E-state index in [0.29, 0.717) is 5.56 Å². The predicted molar refractivity (Wildman–Crippen MR) is 164 cm³/mol. The Labute approximate surface area is 241 Å². The molecule has 0 unspecified atom stereocenters. The quantitative estimate of drug-likeness (QED) is 0.254. The zero-order chi connectivity index (χ0) is 28.3. The maximum Gasteiger partial charge on any atom is 0.253 e. The van der Waals surface area contributed by atoms with Crippen molar-refractivity contribution in [3.05, 3.63) is 126 Å². The topological polar surface area (TPSA) is 85.1 Å². The molecule has 0 radical (unpaired) electrons. The van der Waals surface area contributed by atoms with Crippen LogP contribution < -0.4 is 5.32 Å². The van der Waals surface area contributed by atoms with E-state index in [2.05, 4.69) is 63.0 Å². The number of benzene rings is 3. The minimum atomic E-state index is -0.364. The molecule has 1 N–H and O–H groups in total. The van der Waals surface area contributed by atoms with E-state index in [-0.39, 0.29) is 11.4 Å². The predicted octanol–water partition coefficient (Wildman–Crippen LogP) is 6.89. The molecule has 3 aromatic carbocycles. The van der Waals surface area contributed by atoms with Crippen LogP contribution in [-0.2, 0) is 5.54 Å². The van der Waals surface area contributed by atoms with E-state index >= 15 is 0 Å². The molecule has 7 nitrogen and oxygen atoms in total. The molecule has 42 heavy (non-hydrogen) atoms. The molecule has 1 amide bonds. The number of para-hydroxylation sites is 1. The van der Waals surface area contributed by atoms with Crippen molar-refractivity contribution in [1.82, 2.24) is 29.9 Å². The van der Waals surface area contributed by atoms with E-state index in [0.717, 1.165) is 74.1 Å². The fourth-order valence-corrected chi connectivity index (χ4v) is 5.81. The molecule has 4 heterocycles. The highest BCUT2D eigenvalue weighted by Crippen LogP contribution is 2.46. The largest absolute Gasteiger partial charge is 0.342 e. The standard InChI is InChI=1S/C35H26N6O/c1-22-39-40-33-29-20-28(23-7-3-2-4-8-23)32(37-31(29)15-18-41(22)33)24-11-13-27(14-12-24)35(16-17-35)38-34(42)26-19-25-9-5-6-10-30(25)36-21-26/h2-15,18-21H,16-17H2,1H3,(H,38,42). The highest BCUT2D eigenvalue weighted by molar-refractivity contribution is 5.99. The molecule has 4 aromatic heterocycles. The Morgan fingerprint density at radius 2 is 1.62 bits per heavy atom. The first-order chi connectivity index (χ1) is 20.6. The van der Waals surface area contributed by atoms with Gasteiger partial charge in [0, 0.05) is 34.3 Å². The molecule has 202 valence electrons. The van der Waals surface area contributed by atoms with Crippen molar-refractivity contribution < 1.29 is 4.79 Å². The normalized spacial score (nSPS) is 13.9. The van der Waals surface area contributed by atoms with Crippen LogP contribution in [-0.4, -0.2) is 30.5 Å². The van der Waals surface area contributed by atoms with E-state index in [1.807, 2.05) is 72.1 Å². The van der Waals surface area contributed by atoms with Crippen LogP contribution in [0.4, 0.5) is 0 Å². The van der Waals surface area contributed by atoms with Gasteiger partial charge in [0.25, 0.3) is 5.91 Å². The summed E-state index contributed by atoms with van der Waals surface area (Å²) in [7, 11) is 0. The number of hydrogen-bond acceptors (Lipinski definition) is 5. The van der Waals surface area contributed by atoms with Crippen LogP contribution in [0.2, 0.25) is 0 Å². The minimum absolute atomic E-state index is 0.104. The first kappa shape index (κ1) is 24.4. The summed E-state index contributed by atoms with van der Waals surface area (Å²) in [5.74, 6) is 0.734. The zero-order valence-corrected chi connectivity index (χ0v) is 23.0. The lowest BCUT2D eigenvalue weighted by atomic mass is 9.95. The number of hydrogen-bond donors (Lipinski definition) is 1. The first-order valence-electron chi connectivity index (χ1n) is 14.1. The van der Waals surface area contributed by atoms with Crippen molar-refractivity contribution in [2.45, 2.75) is 25.3 Å². The van der Waals surface area contributed by atoms with Crippen LogP contribution in [0.1, 0.15) is 34.6 Å². The molecule has 0 atom stereocenters. The maximum absolute atomic E-state index is 13.3. The number of pyridine rings is 3. The average molecular weight is 547 g/mol. The highest BCUT2D eigenvalue weighted by atomic mass is 16.1. The van der Waals surface area contributed by atoms with Crippen molar-refractivity contribution in [2.75, 3.05) is 0 Å². The number of carbonyl (C=O) groups is 1. The molecule has 0 bridgehead atoms. The second kappa shape index (κ2) is 9.31. The van der Waals surface area contributed by atoms with Crippen LogP contribution in [0.15, 0.2) is 109 Å². The Bertz CT molecular complexity index is 2150. The minimum Gasteiger partial charge on any atom is -0.342 e. The van der Waals surface area contributed by atoms with Crippen molar-refractivity contribution in [3.8, 4) is 22.4 Å². The summed E-state index contributed by atoms with van der Waals surface area (Å²) < 4.78 is 1.99. The fraction of sp³-hybridized carbons (Fsp3) is 0.114. The molecule has 1 saturated carbocycles. The second-order valence-corrected chi connectivity index (χ2v) is 11.0. The smallest absolute Gasteiger partial charge is 0.253 e. The lowest BCUT2D eigenvalue weighted by molar-refractivity contribution is 0.0930. The van der Waals surface area contributed by atoms with Crippen LogP contribution >= 0.6 is 0 Å². The van der Waals surface area contributed by atoms with Crippen LogP contribution in [0.3, 0.4) is 0 Å². The molecule has 0 aliphatic heterocycles. The summed E-state index contributed by atoms with van der Waals surface area (Å²) >= 11 is 0. The number of carbonyl (C=O) groups excluding carboxylic acids is 1. The Morgan fingerprint density at radius 1 is 0.833 bits per heavy atom. The number of fused-ring (bicyclic) bond motifs is 4. The summed E-state index contributed by atoms with van der Waals surface area (Å²) in [6.45, 7) is 1.95. The van der Waals surface area contributed by atoms with E-state index in [4.69, 9.17) is 4.98 Å². The van der Waals surface area contributed by atoms with Gasteiger partial charge in [-0.25, -0.2) is 4.98 Å². The number of aromatic nitrogens is 5. The number of aryl methyl sites for hydroxylation is 1. The maximum atomic E-state index is 13.3. The Balaban J connectivity index is 1.15. The van der Waals surface area contributed by atoms with E-state index in [1.54, 1.807) is 6.20 Å². The molecule has 1 aliphatic carbocycles. The number of amides is 1. The van der Waals surface area contributed by atoms with Crippen molar-refractivity contribution >= 4 is 33.4 Å². The van der Waals surface area contributed by atoms with Crippen LogP contribution in [0.5, 0.6) is 0 Å². The van der Waals surface area contributed by atoms with Gasteiger partial charge in [0.2, 0.25) is 0 Å². The second-order valence-electron chi connectivity index (χ2n) is 11.0. The van der Waals surface area contributed by atoms with E-state index in [9.17, 15) is 4.79 Å². The Morgan fingerprint density at radius 3 is 2.43 bits per heavy atom. The number of nitrogens with zero attached hydrogens (tertiary/aromatic N) is 5. The van der Waals surface area contributed by atoms with Gasteiger partial charge >= 0.3 is 0 Å². The Kier molecular flexibility index (Phi) is 5.40. The van der Waals surface area contributed by atoms with Gasteiger partial charge < -0.3 is 5.32 Å². The summed E-state index contributed by atoms with van der Waals surface area (Å²) in [5, 5.41) is 13.9.